The largest absolute Gasteiger partial charge is 0.392 e. The number of fused-ring (bicyclic) bond motifs is 1. The van der Waals surface area contributed by atoms with Crippen molar-refractivity contribution in [1.82, 2.24) is 4.57 Å². The van der Waals surface area contributed by atoms with Gasteiger partial charge < -0.3 is 9.67 Å². The first-order chi connectivity index (χ1) is 10.6. The highest BCUT2D eigenvalue weighted by Gasteiger charge is 2.11. The lowest BCUT2D eigenvalue weighted by atomic mass is 10.0. The van der Waals surface area contributed by atoms with Crippen molar-refractivity contribution in [2.24, 2.45) is 12.0 Å². The molecular formula is C19H22N2O. The van der Waals surface area contributed by atoms with Crippen LogP contribution in [0, 0.1) is 6.92 Å². The van der Waals surface area contributed by atoms with Gasteiger partial charge in [-0.1, -0.05) is 36.9 Å². The van der Waals surface area contributed by atoms with E-state index in [0.717, 1.165) is 22.2 Å². The molecule has 1 aromatic carbocycles. The van der Waals surface area contributed by atoms with Gasteiger partial charge in [0.2, 0.25) is 0 Å². The zero-order valence-electron chi connectivity index (χ0n) is 13.4. The van der Waals surface area contributed by atoms with Gasteiger partial charge in [0.1, 0.15) is 0 Å². The number of hydrogen-bond donors (Lipinski definition) is 1. The Morgan fingerprint density at radius 3 is 2.82 bits per heavy atom. The van der Waals surface area contributed by atoms with Crippen LogP contribution in [0.4, 0.5) is 0 Å². The minimum Gasteiger partial charge on any atom is -0.392 e. The van der Waals surface area contributed by atoms with Gasteiger partial charge in [-0.15, -0.1) is 0 Å². The molecule has 0 fully saturated rings. The smallest absolute Gasteiger partial charge is 0.0615 e. The second-order valence-corrected chi connectivity index (χ2v) is 5.08. The maximum atomic E-state index is 8.95. The summed E-state index contributed by atoms with van der Waals surface area (Å²) in [7, 11) is 2.06. The summed E-state index contributed by atoms with van der Waals surface area (Å²) in [6.07, 6.45) is 9.13. The van der Waals surface area contributed by atoms with Gasteiger partial charge in [-0.05, 0) is 31.1 Å². The second-order valence-electron chi connectivity index (χ2n) is 5.08. The Morgan fingerprint density at radius 1 is 1.41 bits per heavy atom. The molecule has 0 aliphatic heterocycles. The Balaban J connectivity index is 2.61. The van der Waals surface area contributed by atoms with E-state index in [9.17, 15) is 0 Å². The van der Waals surface area contributed by atoms with Gasteiger partial charge in [-0.2, -0.15) is 0 Å². The van der Waals surface area contributed by atoms with Crippen LogP contribution in [0.3, 0.4) is 0 Å². The van der Waals surface area contributed by atoms with E-state index < -0.39 is 0 Å². The van der Waals surface area contributed by atoms with Crippen LogP contribution in [0.15, 0.2) is 54.2 Å². The standard InChI is InChI=1S/C19H22N2O/c1-5-15(8-7-11-22)16-9-10-17-18(13-20-6-2)14(3)21(4)19(17)12-16/h5-10,12-13,22H,2,11H2,1,3-4H3/b8-7-,15-5+,20-13?. The highest BCUT2D eigenvalue weighted by Crippen LogP contribution is 2.27. The highest BCUT2D eigenvalue weighted by atomic mass is 16.2. The fourth-order valence-electron chi connectivity index (χ4n) is 2.60. The topological polar surface area (TPSA) is 37.5 Å². The average molecular weight is 294 g/mol. The van der Waals surface area contributed by atoms with Gasteiger partial charge in [0.25, 0.3) is 0 Å². The monoisotopic (exact) mass is 294 g/mol. The maximum Gasteiger partial charge on any atom is 0.0615 e. The van der Waals surface area contributed by atoms with Crippen molar-refractivity contribution in [2.45, 2.75) is 13.8 Å². The molecule has 0 bridgehead atoms. The molecule has 3 nitrogen and oxygen atoms in total. The van der Waals surface area contributed by atoms with Crippen LogP contribution in [-0.2, 0) is 7.05 Å². The highest BCUT2D eigenvalue weighted by molar-refractivity contribution is 6.02. The second kappa shape index (κ2) is 7.05. The lowest BCUT2D eigenvalue weighted by Crippen LogP contribution is -1.92. The Morgan fingerprint density at radius 2 is 2.18 bits per heavy atom. The predicted octanol–water partition coefficient (Wildman–Crippen LogP) is 4.00. The molecule has 1 heterocycles. The third-order valence-electron chi connectivity index (χ3n) is 3.90. The molecule has 0 saturated carbocycles. The Bertz CT molecular complexity index is 776. The van der Waals surface area contributed by atoms with E-state index >= 15 is 0 Å². The Labute approximate surface area is 131 Å². The third kappa shape index (κ3) is 2.95. The number of rotatable bonds is 5. The number of aliphatic imine (C=N–C) groups is 1. The fraction of sp³-hybridized carbons (Fsp3) is 0.211. The molecule has 1 N–H and O–H groups in total. The molecule has 114 valence electrons. The summed E-state index contributed by atoms with van der Waals surface area (Å²) >= 11 is 0. The molecule has 0 aliphatic carbocycles. The average Bonchev–Trinajstić information content (AvgIpc) is 2.78. The summed E-state index contributed by atoms with van der Waals surface area (Å²) in [5, 5.41) is 10.1. The van der Waals surface area contributed by atoms with Crippen LogP contribution in [0.2, 0.25) is 0 Å². The van der Waals surface area contributed by atoms with Crippen LogP contribution in [0.25, 0.3) is 16.5 Å². The van der Waals surface area contributed by atoms with Crippen molar-refractivity contribution in [3.05, 3.63) is 66.0 Å². The predicted molar refractivity (Wildman–Crippen MR) is 95.3 cm³/mol. The first-order valence-corrected chi connectivity index (χ1v) is 7.31. The number of hydrogen-bond acceptors (Lipinski definition) is 2. The number of benzene rings is 1. The van der Waals surface area contributed by atoms with Gasteiger partial charge in [0.15, 0.2) is 0 Å². The molecule has 0 radical (unpaired) electrons. The van der Waals surface area contributed by atoms with Crippen molar-refractivity contribution in [2.75, 3.05) is 6.61 Å². The molecule has 0 unspecified atom stereocenters. The van der Waals surface area contributed by atoms with Crippen molar-refractivity contribution < 1.29 is 5.11 Å². The van der Waals surface area contributed by atoms with Crippen molar-refractivity contribution in [3.63, 3.8) is 0 Å². The zero-order valence-corrected chi connectivity index (χ0v) is 13.4. The number of aryl methyl sites for hydroxylation is 1. The summed E-state index contributed by atoms with van der Waals surface area (Å²) in [6, 6.07) is 6.40. The summed E-state index contributed by atoms with van der Waals surface area (Å²) in [6.45, 7) is 7.76. The van der Waals surface area contributed by atoms with Gasteiger partial charge in [0, 0.05) is 41.6 Å². The number of nitrogens with zero attached hydrogens (tertiary/aromatic N) is 2. The first kappa shape index (κ1) is 16.0. The number of aromatic nitrogens is 1. The third-order valence-corrected chi connectivity index (χ3v) is 3.90. The van der Waals surface area contributed by atoms with Gasteiger partial charge in [-0.25, -0.2) is 0 Å². The normalized spacial score (nSPS) is 12.8. The molecule has 0 saturated heterocycles. The van der Waals surface area contributed by atoms with Crippen molar-refractivity contribution >= 4 is 22.7 Å². The van der Waals surface area contributed by atoms with E-state index in [0.29, 0.717) is 0 Å². The first-order valence-electron chi connectivity index (χ1n) is 7.31. The minimum absolute atomic E-state index is 0.0466. The van der Waals surface area contributed by atoms with Crippen molar-refractivity contribution in [1.29, 1.82) is 0 Å². The van der Waals surface area contributed by atoms with Gasteiger partial charge >= 0.3 is 0 Å². The molecular weight excluding hydrogens is 272 g/mol. The van der Waals surface area contributed by atoms with Crippen molar-refractivity contribution in [3.8, 4) is 0 Å². The summed E-state index contributed by atoms with van der Waals surface area (Å²) in [4.78, 5) is 4.16. The number of allylic oxidation sites excluding steroid dienone is 3. The fourth-order valence-corrected chi connectivity index (χ4v) is 2.60. The minimum atomic E-state index is 0.0466. The van der Waals surface area contributed by atoms with Crippen LogP contribution in [-0.4, -0.2) is 22.5 Å². The number of aliphatic hydroxyl groups excluding tert-OH is 1. The van der Waals surface area contributed by atoms with Gasteiger partial charge in [-0.3, -0.25) is 4.99 Å². The van der Waals surface area contributed by atoms with Crippen LogP contribution in [0.5, 0.6) is 0 Å². The lowest BCUT2D eigenvalue weighted by Gasteiger charge is -2.04. The zero-order chi connectivity index (χ0) is 16.1. The van der Waals surface area contributed by atoms with Gasteiger partial charge in [0.05, 0.1) is 6.61 Å². The van der Waals surface area contributed by atoms with E-state index in [-0.39, 0.29) is 6.61 Å². The Hall–Kier alpha value is -2.39. The van der Waals surface area contributed by atoms with E-state index in [1.165, 1.54) is 11.1 Å². The van der Waals surface area contributed by atoms with E-state index in [4.69, 9.17) is 5.11 Å². The maximum absolute atomic E-state index is 8.95. The van der Waals surface area contributed by atoms with Crippen LogP contribution < -0.4 is 0 Å². The van der Waals surface area contributed by atoms with Crippen LogP contribution >= 0.6 is 0 Å². The molecule has 22 heavy (non-hydrogen) atoms. The van der Waals surface area contributed by atoms with E-state index in [1.807, 2.05) is 25.3 Å². The van der Waals surface area contributed by atoms with E-state index in [2.05, 4.69) is 48.3 Å². The summed E-state index contributed by atoms with van der Waals surface area (Å²) < 4.78 is 2.17. The molecule has 2 rings (SSSR count). The summed E-state index contributed by atoms with van der Waals surface area (Å²) in [5.41, 5.74) is 5.68. The SMILES string of the molecule is C=CN=Cc1c(C)n(C)c2cc(C(/C=C\CO)=C/C)ccc12. The summed E-state index contributed by atoms with van der Waals surface area (Å²) in [5.74, 6) is 0. The quantitative estimate of drug-likeness (QED) is 0.657. The molecule has 0 atom stereocenters. The van der Waals surface area contributed by atoms with Crippen LogP contribution in [0.1, 0.15) is 23.7 Å². The molecule has 0 spiro atoms. The lowest BCUT2D eigenvalue weighted by molar-refractivity contribution is 0.343. The molecule has 2 aromatic rings. The molecule has 0 aliphatic rings. The Kier molecular flexibility index (Phi) is 5.12. The molecule has 1 aromatic heterocycles. The molecule has 3 heteroatoms. The van der Waals surface area contributed by atoms with E-state index in [1.54, 1.807) is 12.3 Å². The number of aliphatic hydroxyl groups is 1. The molecule has 0 amide bonds.